The van der Waals surface area contributed by atoms with Gasteiger partial charge in [0.05, 0.1) is 0 Å². The molecule has 4 nitrogen and oxygen atoms in total. The van der Waals surface area contributed by atoms with Crippen LogP contribution in [0.5, 0.6) is 0 Å². The van der Waals surface area contributed by atoms with Crippen LogP contribution < -0.4 is 0 Å². The summed E-state index contributed by atoms with van der Waals surface area (Å²) in [6, 6.07) is 3.93. The van der Waals surface area contributed by atoms with Gasteiger partial charge >= 0.3 is 172 Å². The summed E-state index contributed by atoms with van der Waals surface area (Å²) in [6.45, 7) is 8.08. The molecule has 0 aliphatic heterocycles. The first kappa shape index (κ1) is 20.8. The van der Waals surface area contributed by atoms with Crippen LogP contribution in [0.3, 0.4) is 0 Å². The van der Waals surface area contributed by atoms with Gasteiger partial charge in [0.1, 0.15) is 0 Å². The molecule has 0 spiro atoms. The molecule has 2 aliphatic carbocycles. The van der Waals surface area contributed by atoms with Gasteiger partial charge in [-0.1, -0.05) is 0 Å². The summed E-state index contributed by atoms with van der Waals surface area (Å²) in [7, 11) is 1.40. The van der Waals surface area contributed by atoms with Crippen molar-refractivity contribution in [1.29, 1.82) is 0 Å². The Hall–Kier alpha value is -0.971. The molecule has 0 aromatic carbocycles. The van der Waals surface area contributed by atoms with Crippen molar-refractivity contribution in [2.24, 2.45) is 16.7 Å². The summed E-state index contributed by atoms with van der Waals surface area (Å²) in [5.74, 6) is 0.226. The number of carbonyl (C=O) groups excluding carboxylic acids is 3. The number of methoxy groups -OCH3 is 1. The molecule has 6 heteroatoms. The Morgan fingerprint density at radius 3 is 2.56 bits per heavy atom. The number of esters is 1. The number of rotatable bonds is 7. The molecule has 0 amide bonds. The number of fused-ring (bicyclic) bond motifs is 2. The van der Waals surface area contributed by atoms with E-state index in [9.17, 15) is 14.4 Å². The first-order chi connectivity index (χ1) is 12.6. The molecule has 1 aromatic rings. The molecule has 1 heterocycles. The Bertz CT molecular complexity index is 741. The van der Waals surface area contributed by atoms with Gasteiger partial charge in [-0.15, -0.1) is 0 Å². The van der Waals surface area contributed by atoms with Crippen molar-refractivity contribution in [3.05, 3.63) is 22.4 Å². The van der Waals surface area contributed by atoms with Crippen molar-refractivity contribution in [1.82, 2.24) is 0 Å². The Morgan fingerprint density at radius 1 is 1.37 bits per heavy atom. The quantitative estimate of drug-likeness (QED) is 0.455. The molecule has 3 rings (SSSR count). The normalized spacial score (nSPS) is 30.9. The SMILES string of the molecule is COC(=O)[C@@H]([Se][C@@H]1C(=O)[C@]2(C)CC[C@H]1C2(C)C)[C@@H](CC(C)=O)c1cccs1. The Labute approximate surface area is 171 Å². The van der Waals surface area contributed by atoms with Crippen LogP contribution in [0.15, 0.2) is 17.5 Å². The zero-order valence-electron chi connectivity index (χ0n) is 16.6. The predicted octanol–water partition coefficient (Wildman–Crippen LogP) is 4.29. The van der Waals surface area contributed by atoms with E-state index in [0.717, 1.165) is 17.7 Å². The number of hydrogen-bond acceptors (Lipinski definition) is 5. The minimum absolute atomic E-state index is 0.0316. The average molecular weight is 455 g/mol. The molecular weight excluding hydrogens is 427 g/mol. The van der Waals surface area contributed by atoms with Gasteiger partial charge in [0.15, 0.2) is 0 Å². The first-order valence-electron chi connectivity index (χ1n) is 9.44. The van der Waals surface area contributed by atoms with E-state index < -0.39 is 4.82 Å². The molecule has 2 saturated carbocycles. The van der Waals surface area contributed by atoms with Crippen molar-refractivity contribution < 1.29 is 19.1 Å². The first-order valence-corrected chi connectivity index (χ1v) is 12.3. The predicted molar refractivity (Wildman–Crippen MR) is 107 cm³/mol. The molecule has 27 heavy (non-hydrogen) atoms. The van der Waals surface area contributed by atoms with Crippen molar-refractivity contribution in [2.75, 3.05) is 7.11 Å². The molecule has 0 radical (unpaired) electrons. The molecule has 2 fully saturated rings. The molecule has 2 aliphatic rings. The zero-order chi connectivity index (χ0) is 20.0. The van der Waals surface area contributed by atoms with E-state index in [1.54, 1.807) is 18.3 Å². The van der Waals surface area contributed by atoms with Crippen LogP contribution in [0.2, 0.25) is 9.63 Å². The molecule has 2 bridgehead atoms. The fourth-order valence-electron chi connectivity index (χ4n) is 4.92. The van der Waals surface area contributed by atoms with E-state index in [1.165, 1.54) is 7.11 Å². The fraction of sp³-hybridized carbons (Fsp3) is 0.667. The van der Waals surface area contributed by atoms with E-state index in [2.05, 4.69) is 20.8 Å². The van der Waals surface area contributed by atoms with Crippen molar-refractivity contribution in [3.8, 4) is 0 Å². The maximum absolute atomic E-state index is 13.3. The third kappa shape index (κ3) is 3.34. The van der Waals surface area contributed by atoms with Crippen LogP contribution in [-0.4, -0.2) is 39.6 Å². The summed E-state index contributed by atoms with van der Waals surface area (Å²) in [5.41, 5.74) is -0.320. The topological polar surface area (TPSA) is 60.4 Å². The number of ether oxygens (including phenoxy) is 1. The molecule has 0 N–H and O–H groups in total. The molecule has 148 valence electrons. The molecular formula is C21H28O4SSe. The van der Waals surface area contributed by atoms with Crippen LogP contribution in [-0.2, 0) is 19.1 Å². The standard InChI is InChI=1S/C21H28O4SSe/c1-12(22)11-13(15-7-6-10-26-15)16(19(24)25-5)27-17-14-8-9-21(4,18(17)23)20(14,2)3/h6-7,10,13-14,16-17H,8-9,11H2,1-5H3/t13-,14+,16-,17-,21-/m0/s1. The van der Waals surface area contributed by atoms with Gasteiger partial charge in [0.25, 0.3) is 0 Å². The number of hydrogen-bond donors (Lipinski definition) is 0. The van der Waals surface area contributed by atoms with E-state index in [-0.39, 0.29) is 48.3 Å². The van der Waals surface area contributed by atoms with Crippen molar-refractivity contribution in [3.63, 3.8) is 0 Å². The van der Waals surface area contributed by atoms with Crippen LogP contribution in [0.25, 0.3) is 0 Å². The van der Waals surface area contributed by atoms with Gasteiger partial charge < -0.3 is 0 Å². The maximum atomic E-state index is 13.3. The van der Waals surface area contributed by atoms with Crippen LogP contribution in [0, 0.1) is 16.7 Å². The fourth-order valence-corrected chi connectivity index (χ4v) is 10.2. The van der Waals surface area contributed by atoms with E-state index >= 15 is 0 Å². The molecule has 5 atom stereocenters. The van der Waals surface area contributed by atoms with Crippen LogP contribution >= 0.6 is 11.3 Å². The van der Waals surface area contributed by atoms with E-state index in [4.69, 9.17) is 4.74 Å². The van der Waals surface area contributed by atoms with E-state index in [0.29, 0.717) is 18.1 Å². The van der Waals surface area contributed by atoms with Gasteiger partial charge in [-0.3, -0.25) is 0 Å². The second-order valence-electron chi connectivity index (χ2n) is 8.59. The molecule has 0 unspecified atom stereocenters. The second kappa shape index (κ2) is 7.46. The summed E-state index contributed by atoms with van der Waals surface area (Å²) < 4.78 is 5.13. The number of Topliss-reactive ketones (excluding diaryl/α,β-unsaturated/α-hetero) is 2. The van der Waals surface area contributed by atoms with Crippen LogP contribution in [0.1, 0.15) is 57.8 Å². The van der Waals surface area contributed by atoms with Crippen molar-refractivity contribution in [2.45, 2.75) is 62.5 Å². The van der Waals surface area contributed by atoms with Gasteiger partial charge in [-0.25, -0.2) is 0 Å². The second-order valence-corrected chi connectivity index (χ2v) is 12.3. The average Bonchev–Trinajstić information content (AvgIpc) is 3.24. The molecule has 1 aromatic heterocycles. The van der Waals surface area contributed by atoms with E-state index in [1.807, 2.05) is 17.5 Å². The third-order valence-electron chi connectivity index (χ3n) is 6.98. The summed E-state index contributed by atoms with van der Waals surface area (Å²) in [4.78, 5) is 38.5. The minimum atomic E-state index is -0.405. The summed E-state index contributed by atoms with van der Waals surface area (Å²) >= 11 is 1.33. The summed E-state index contributed by atoms with van der Waals surface area (Å²) in [6.07, 6.45) is 2.31. The summed E-state index contributed by atoms with van der Waals surface area (Å²) in [5, 5.41) is 1.97. The monoisotopic (exact) mass is 456 g/mol. The van der Waals surface area contributed by atoms with Crippen LogP contribution in [0.4, 0.5) is 0 Å². The zero-order valence-corrected chi connectivity index (χ0v) is 19.1. The van der Waals surface area contributed by atoms with Gasteiger partial charge in [0.2, 0.25) is 0 Å². The Morgan fingerprint density at radius 2 is 2.07 bits per heavy atom. The van der Waals surface area contributed by atoms with Gasteiger partial charge in [0, 0.05) is 0 Å². The Balaban J connectivity index is 1.93. The van der Waals surface area contributed by atoms with Gasteiger partial charge in [-0.05, 0) is 0 Å². The van der Waals surface area contributed by atoms with Crippen molar-refractivity contribution >= 4 is 43.8 Å². The number of ketones is 2. The number of carbonyl (C=O) groups is 3. The third-order valence-corrected chi connectivity index (χ3v) is 11.4. The molecule has 0 saturated heterocycles. The van der Waals surface area contributed by atoms with Gasteiger partial charge in [-0.2, -0.15) is 0 Å². The number of thiophene rings is 1. The Kier molecular flexibility index (Phi) is 5.73.